The molecule has 0 atom stereocenters. The maximum Gasteiger partial charge on any atom is 0.391 e. The summed E-state index contributed by atoms with van der Waals surface area (Å²) in [5, 5.41) is 2.76. The zero-order chi connectivity index (χ0) is 19.1. The third kappa shape index (κ3) is 3.51. The van der Waals surface area contributed by atoms with Gasteiger partial charge in [-0.25, -0.2) is 4.79 Å². The van der Waals surface area contributed by atoms with Crippen molar-refractivity contribution in [1.29, 1.82) is 0 Å². The largest absolute Gasteiger partial charge is 0.391 e. The molecule has 0 bridgehead atoms. The van der Waals surface area contributed by atoms with Crippen molar-refractivity contribution in [3.8, 4) is 0 Å². The summed E-state index contributed by atoms with van der Waals surface area (Å²) in [6.45, 7) is 1.33. The molecular formula is C17H18F3N3O3. The Morgan fingerprint density at radius 2 is 1.85 bits per heavy atom. The summed E-state index contributed by atoms with van der Waals surface area (Å²) >= 11 is 0. The molecule has 0 radical (unpaired) electrons. The minimum absolute atomic E-state index is 0.107. The van der Waals surface area contributed by atoms with E-state index >= 15 is 0 Å². The zero-order valence-corrected chi connectivity index (χ0v) is 14.0. The molecule has 1 heterocycles. The van der Waals surface area contributed by atoms with Crippen LogP contribution in [-0.4, -0.2) is 21.6 Å². The van der Waals surface area contributed by atoms with Crippen molar-refractivity contribution in [2.75, 3.05) is 5.32 Å². The number of nitrogens with one attached hydrogen (secondary N) is 2. The summed E-state index contributed by atoms with van der Waals surface area (Å²) in [5.74, 6) is -1.69. The SMILES string of the molecule is CC(=O)Nc1ccc2[nH]c(=O)n([C@H]3CC[C@H](C(F)(F)F)CC3)c(=O)c2c1. The minimum atomic E-state index is -4.25. The smallest absolute Gasteiger partial charge is 0.326 e. The molecule has 140 valence electrons. The molecule has 6 nitrogen and oxygen atoms in total. The Morgan fingerprint density at radius 3 is 2.42 bits per heavy atom. The van der Waals surface area contributed by atoms with Gasteiger partial charge in [-0.05, 0) is 43.9 Å². The molecule has 1 fully saturated rings. The molecule has 1 saturated carbocycles. The van der Waals surface area contributed by atoms with E-state index in [1.165, 1.54) is 19.1 Å². The molecule has 0 aliphatic heterocycles. The van der Waals surface area contributed by atoms with Gasteiger partial charge in [0, 0.05) is 18.7 Å². The van der Waals surface area contributed by atoms with Crippen LogP contribution < -0.4 is 16.6 Å². The van der Waals surface area contributed by atoms with E-state index in [-0.39, 0.29) is 37.0 Å². The normalized spacial score (nSPS) is 20.9. The van der Waals surface area contributed by atoms with Crippen LogP contribution in [0.5, 0.6) is 0 Å². The van der Waals surface area contributed by atoms with Gasteiger partial charge in [-0.1, -0.05) is 0 Å². The predicted octanol–water partition coefficient (Wildman–Crippen LogP) is 2.94. The van der Waals surface area contributed by atoms with Gasteiger partial charge in [-0.3, -0.25) is 14.2 Å². The van der Waals surface area contributed by atoms with Crippen LogP contribution in [0.3, 0.4) is 0 Å². The Bertz CT molecular complexity index is 954. The van der Waals surface area contributed by atoms with Gasteiger partial charge in [0.25, 0.3) is 5.56 Å². The van der Waals surface area contributed by atoms with Crippen molar-refractivity contribution in [3.63, 3.8) is 0 Å². The Morgan fingerprint density at radius 1 is 1.19 bits per heavy atom. The number of rotatable bonds is 2. The summed E-state index contributed by atoms with van der Waals surface area (Å²) in [6.07, 6.45) is -4.23. The van der Waals surface area contributed by atoms with Gasteiger partial charge in [-0.15, -0.1) is 0 Å². The molecule has 3 rings (SSSR count). The lowest BCUT2D eigenvalue weighted by Gasteiger charge is -2.30. The number of halogens is 3. The number of benzene rings is 1. The van der Waals surface area contributed by atoms with Crippen molar-refractivity contribution in [3.05, 3.63) is 39.0 Å². The third-order valence-corrected chi connectivity index (χ3v) is 4.77. The van der Waals surface area contributed by atoms with Crippen LogP contribution in [0.4, 0.5) is 18.9 Å². The average molecular weight is 369 g/mol. The molecule has 1 aliphatic carbocycles. The first-order valence-corrected chi connectivity index (χ1v) is 8.29. The molecule has 26 heavy (non-hydrogen) atoms. The van der Waals surface area contributed by atoms with Gasteiger partial charge in [0.05, 0.1) is 16.8 Å². The first-order chi connectivity index (χ1) is 12.2. The van der Waals surface area contributed by atoms with Crippen LogP contribution >= 0.6 is 0 Å². The highest BCUT2D eigenvalue weighted by Gasteiger charge is 2.42. The summed E-state index contributed by atoms with van der Waals surface area (Å²) in [7, 11) is 0. The number of fused-ring (bicyclic) bond motifs is 1. The summed E-state index contributed by atoms with van der Waals surface area (Å²) in [6, 6.07) is 3.94. The van der Waals surface area contributed by atoms with E-state index in [1.807, 2.05) is 0 Å². The van der Waals surface area contributed by atoms with Gasteiger partial charge >= 0.3 is 11.9 Å². The highest BCUT2D eigenvalue weighted by atomic mass is 19.4. The fourth-order valence-electron chi connectivity index (χ4n) is 3.50. The van der Waals surface area contributed by atoms with E-state index in [2.05, 4.69) is 10.3 Å². The number of H-pyrrole nitrogens is 1. The lowest BCUT2D eigenvalue weighted by atomic mass is 9.85. The molecule has 0 saturated heterocycles. The van der Waals surface area contributed by atoms with Crippen LogP contribution in [0.15, 0.2) is 27.8 Å². The van der Waals surface area contributed by atoms with Crippen LogP contribution in [0.2, 0.25) is 0 Å². The fourth-order valence-corrected chi connectivity index (χ4v) is 3.50. The number of aromatic nitrogens is 2. The number of aromatic amines is 1. The number of carbonyl (C=O) groups excluding carboxylic acids is 1. The third-order valence-electron chi connectivity index (χ3n) is 4.77. The zero-order valence-electron chi connectivity index (χ0n) is 14.0. The Balaban J connectivity index is 1.97. The van der Waals surface area contributed by atoms with Crippen molar-refractivity contribution < 1.29 is 18.0 Å². The van der Waals surface area contributed by atoms with E-state index < -0.39 is 29.4 Å². The molecule has 0 unspecified atom stereocenters. The van der Waals surface area contributed by atoms with E-state index in [9.17, 15) is 27.6 Å². The van der Waals surface area contributed by atoms with Gasteiger partial charge < -0.3 is 10.3 Å². The molecule has 2 N–H and O–H groups in total. The van der Waals surface area contributed by atoms with Crippen molar-refractivity contribution in [2.45, 2.75) is 44.8 Å². The van der Waals surface area contributed by atoms with Crippen molar-refractivity contribution in [2.24, 2.45) is 5.92 Å². The minimum Gasteiger partial charge on any atom is -0.326 e. The maximum atomic E-state index is 12.8. The van der Waals surface area contributed by atoms with E-state index in [4.69, 9.17) is 0 Å². The molecule has 9 heteroatoms. The number of hydrogen-bond acceptors (Lipinski definition) is 3. The van der Waals surface area contributed by atoms with Gasteiger partial charge in [0.15, 0.2) is 0 Å². The van der Waals surface area contributed by atoms with Crippen molar-refractivity contribution in [1.82, 2.24) is 9.55 Å². The first kappa shape index (κ1) is 18.2. The van der Waals surface area contributed by atoms with Gasteiger partial charge in [-0.2, -0.15) is 13.2 Å². The van der Waals surface area contributed by atoms with Crippen LogP contribution in [0, 0.1) is 5.92 Å². The number of amides is 1. The number of hydrogen-bond donors (Lipinski definition) is 2. The maximum absolute atomic E-state index is 12.8. The second-order valence-electron chi connectivity index (χ2n) is 6.59. The van der Waals surface area contributed by atoms with Crippen LogP contribution in [-0.2, 0) is 4.79 Å². The molecule has 1 aliphatic rings. The van der Waals surface area contributed by atoms with Crippen molar-refractivity contribution >= 4 is 22.5 Å². The molecule has 1 amide bonds. The summed E-state index contributed by atoms with van der Waals surface area (Å²) in [4.78, 5) is 38.8. The topological polar surface area (TPSA) is 84.0 Å². The quantitative estimate of drug-likeness (QED) is 0.854. The van der Waals surface area contributed by atoms with Gasteiger partial charge in [0.1, 0.15) is 0 Å². The molecular weight excluding hydrogens is 351 g/mol. The Labute approximate surface area is 146 Å². The molecule has 2 aromatic rings. The fraction of sp³-hybridized carbons (Fsp3) is 0.471. The summed E-state index contributed by atoms with van der Waals surface area (Å²) < 4.78 is 39.5. The van der Waals surface area contributed by atoms with E-state index in [0.29, 0.717) is 11.2 Å². The van der Waals surface area contributed by atoms with E-state index in [0.717, 1.165) is 4.57 Å². The number of anilines is 1. The second-order valence-corrected chi connectivity index (χ2v) is 6.59. The van der Waals surface area contributed by atoms with Gasteiger partial charge in [0.2, 0.25) is 5.91 Å². The second kappa shape index (κ2) is 6.62. The molecule has 0 spiro atoms. The standard InChI is InChI=1S/C17H18F3N3O3/c1-9(24)21-11-4-7-14-13(8-11)15(25)23(16(26)22-14)12-5-2-10(3-6-12)17(18,19)20/h4,7-8,10,12H,2-3,5-6H2,1H3,(H,21,24)(H,22,26)/t10-,12-. The first-order valence-electron chi connectivity index (χ1n) is 8.29. The lowest BCUT2D eigenvalue weighted by Crippen LogP contribution is -2.40. The number of alkyl halides is 3. The Hall–Kier alpha value is -2.58. The highest BCUT2D eigenvalue weighted by molar-refractivity contribution is 5.91. The monoisotopic (exact) mass is 369 g/mol. The number of nitrogens with zero attached hydrogens (tertiary/aromatic N) is 1. The Kier molecular flexibility index (Phi) is 4.64. The summed E-state index contributed by atoms with van der Waals surface area (Å²) in [5.41, 5.74) is -0.479. The molecule has 1 aromatic heterocycles. The molecule has 1 aromatic carbocycles. The van der Waals surface area contributed by atoms with Crippen LogP contribution in [0.1, 0.15) is 38.6 Å². The average Bonchev–Trinajstić information content (AvgIpc) is 2.55. The highest BCUT2D eigenvalue weighted by Crippen LogP contribution is 2.40. The van der Waals surface area contributed by atoms with Crippen LogP contribution in [0.25, 0.3) is 10.9 Å². The number of carbonyl (C=O) groups is 1. The van der Waals surface area contributed by atoms with E-state index in [1.54, 1.807) is 6.07 Å². The predicted molar refractivity (Wildman–Crippen MR) is 90.2 cm³/mol. The lowest BCUT2D eigenvalue weighted by molar-refractivity contribution is -0.183.